The second-order valence-electron chi connectivity index (χ2n) is 5.63. The third-order valence-corrected chi connectivity index (χ3v) is 4.02. The van der Waals surface area contributed by atoms with Gasteiger partial charge >= 0.3 is 0 Å². The van der Waals surface area contributed by atoms with Gasteiger partial charge in [-0.1, -0.05) is 6.92 Å². The van der Waals surface area contributed by atoms with E-state index in [1.165, 1.54) is 44.6 Å². The van der Waals surface area contributed by atoms with Crippen LogP contribution in [0.5, 0.6) is 0 Å². The number of nitrogens with zero attached hydrogens (tertiary/aromatic N) is 4. The lowest BCUT2D eigenvalue weighted by Crippen LogP contribution is -2.39. The number of benzene rings is 1. The average molecular weight is 285 g/mol. The summed E-state index contributed by atoms with van der Waals surface area (Å²) in [5, 5.41) is 11.9. The highest BCUT2D eigenvalue weighted by atomic mass is 15.5. The van der Waals surface area contributed by atoms with Gasteiger partial charge in [-0.05, 0) is 50.1 Å². The van der Waals surface area contributed by atoms with Crippen LogP contribution in [0.15, 0.2) is 36.7 Å². The fourth-order valence-corrected chi connectivity index (χ4v) is 2.89. The van der Waals surface area contributed by atoms with Crippen molar-refractivity contribution in [2.75, 3.05) is 25.0 Å². The highest BCUT2D eigenvalue weighted by molar-refractivity contribution is 5.48. The minimum atomic E-state index is 0.590. The van der Waals surface area contributed by atoms with Crippen LogP contribution in [0.4, 0.5) is 5.69 Å². The first-order valence-electron chi connectivity index (χ1n) is 7.81. The molecule has 3 rings (SSSR count). The normalized spacial score (nSPS) is 17.0. The Morgan fingerprint density at radius 2 is 1.76 bits per heavy atom. The van der Waals surface area contributed by atoms with Gasteiger partial charge in [-0.3, -0.25) is 0 Å². The second-order valence-corrected chi connectivity index (χ2v) is 5.63. The summed E-state index contributed by atoms with van der Waals surface area (Å²) < 4.78 is 0. The Balaban J connectivity index is 1.54. The first-order valence-corrected chi connectivity index (χ1v) is 7.81. The number of rotatable bonds is 5. The molecule has 0 radical (unpaired) electrons. The van der Waals surface area contributed by atoms with Crippen LogP contribution in [0, 0.1) is 0 Å². The van der Waals surface area contributed by atoms with Crippen molar-refractivity contribution in [2.45, 2.75) is 32.2 Å². The zero-order valence-corrected chi connectivity index (χ0v) is 12.6. The first-order chi connectivity index (χ1) is 10.3. The summed E-state index contributed by atoms with van der Waals surface area (Å²) in [6, 6.07) is 8.91. The van der Waals surface area contributed by atoms with E-state index in [2.05, 4.69) is 51.6 Å². The van der Waals surface area contributed by atoms with Crippen molar-refractivity contribution < 1.29 is 0 Å². The van der Waals surface area contributed by atoms with E-state index >= 15 is 0 Å². The van der Waals surface area contributed by atoms with Gasteiger partial charge in [-0.15, -0.1) is 0 Å². The maximum atomic E-state index is 4.14. The molecular weight excluding hydrogens is 262 g/mol. The maximum Gasteiger partial charge on any atom is 0.0858 e. The summed E-state index contributed by atoms with van der Waals surface area (Å²) in [7, 11) is 0. The minimum Gasteiger partial charge on any atom is -0.382 e. The Bertz CT molecular complexity index is 526. The first kappa shape index (κ1) is 14.1. The molecule has 0 spiro atoms. The molecule has 1 aromatic heterocycles. The Morgan fingerprint density at radius 1 is 1.10 bits per heavy atom. The van der Waals surface area contributed by atoms with E-state index in [-0.39, 0.29) is 0 Å². The highest BCUT2D eigenvalue weighted by Gasteiger charge is 2.18. The zero-order chi connectivity index (χ0) is 14.5. The van der Waals surface area contributed by atoms with Crippen LogP contribution < -0.4 is 5.32 Å². The Morgan fingerprint density at radius 3 is 2.38 bits per heavy atom. The minimum absolute atomic E-state index is 0.590. The van der Waals surface area contributed by atoms with Gasteiger partial charge in [0.05, 0.1) is 18.1 Å². The molecule has 5 nitrogen and oxygen atoms in total. The molecule has 2 heterocycles. The predicted octanol–water partition coefficient (Wildman–Crippen LogP) is 2.55. The fourth-order valence-electron chi connectivity index (χ4n) is 2.89. The molecule has 5 heteroatoms. The number of nitrogens with one attached hydrogen (secondary N) is 1. The molecule has 0 aliphatic carbocycles. The van der Waals surface area contributed by atoms with Gasteiger partial charge in [-0.25, -0.2) is 0 Å². The number of anilines is 1. The molecule has 1 fully saturated rings. The third kappa shape index (κ3) is 3.61. The van der Waals surface area contributed by atoms with Crippen LogP contribution in [-0.4, -0.2) is 45.6 Å². The molecule has 0 unspecified atom stereocenters. The van der Waals surface area contributed by atoms with Crippen molar-refractivity contribution in [3.63, 3.8) is 0 Å². The van der Waals surface area contributed by atoms with Crippen LogP contribution in [0.2, 0.25) is 0 Å². The summed E-state index contributed by atoms with van der Waals surface area (Å²) >= 11 is 0. The standard InChI is InChI=1S/C16H23N5/c1-2-11-20-12-7-15(8-13-20)19-14-3-5-16(6-4-14)21-17-9-10-18-21/h3-6,9-10,15,19H,2,7-8,11-13H2,1H3. The Kier molecular flexibility index (Phi) is 4.50. The molecule has 21 heavy (non-hydrogen) atoms. The molecule has 0 bridgehead atoms. The third-order valence-electron chi connectivity index (χ3n) is 4.02. The van der Waals surface area contributed by atoms with E-state index in [1.54, 1.807) is 17.2 Å². The number of likely N-dealkylation sites (tertiary alicyclic amines) is 1. The molecule has 1 N–H and O–H groups in total. The predicted molar refractivity (Wildman–Crippen MR) is 84.7 cm³/mol. The Hall–Kier alpha value is -1.88. The van der Waals surface area contributed by atoms with Crippen LogP contribution in [0.1, 0.15) is 26.2 Å². The fraction of sp³-hybridized carbons (Fsp3) is 0.500. The quantitative estimate of drug-likeness (QED) is 0.917. The molecule has 112 valence electrons. The zero-order valence-electron chi connectivity index (χ0n) is 12.6. The summed E-state index contributed by atoms with van der Waals surface area (Å²) in [6.07, 6.45) is 7.08. The van der Waals surface area contributed by atoms with Gasteiger partial charge in [0.1, 0.15) is 0 Å². The van der Waals surface area contributed by atoms with Crippen LogP contribution >= 0.6 is 0 Å². The number of aromatic nitrogens is 3. The molecule has 0 amide bonds. The molecular formula is C16H23N5. The second kappa shape index (κ2) is 6.72. The van der Waals surface area contributed by atoms with E-state index in [1.807, 2.05) is 0 Å². The smallest absolute Gasteiger partial charge is 0.0858 e. The van der Waals surface area contributed by atoms with Crippen LogP contribution in [-0.2, 0) is 0 Å². The lowest BCUT2D eigenvalue weighted by atomic mass is 10.0. The summed E-state index contributed by atoms with van der Waals surface area (Å²) in [4.78, 5) is 4.19. The molecule has 1 aliphatic rings. The largest absolute Gasteiger partial charge is 0.382 e. The topological polar surface area (TPSA) is 46.0 Å². The van der Waals surface area contributed by atoms with Crippen molar-refractivity contribution in [1.82, 2.24) is 19.9 Å². The van der Waals surface area contributed by atoms with Gasteiger partial charge in [0.2, 0.25) is 0 Å². The van der Waals surface area contributed by atoms with E-state index in [0.29, 0.717) is 6.04 Å². The maximum absolute atomic E-state index is 4.14. The van der Waals surface area contributed by atoms with Gasteiger partial charge in [-0.2, -0.15) is 15.0 Å². The van der Waals surface area contributed by atoms with E-state index in [0.717, 1.165) is 5.69 Å². The number of piperidine rings is 1. The van der Waals surface area contributed by atoms with E-state index in [9.17, 15) is 0 Å². The monoisotopic (exact) mass is 285 g/mol. The van der Waals surface area contributed by atoms with Crippen molar-refractivity contribution >= 4 is 5.69 Å². The van der Waals surface area contributed by atoms with Crippen molar-refractivity contribution in [2.24, 2.45) is 0 Å². The van der Waals surface area contributed by atoms with Crippen molar-refractivity contribution in [3.8, 4) is 5.69 Å². The molecule has 2 aromatic rings. The van der Waals surface area contributed by atoms with Crippen molar-refractivity contribution in [3.05, 3.63) is 36.7 Å². The van der Waals surface area contributed by atoms with Crippen LogP contribution in [0.3, 0.4) is 0 Å². The van der Waals surface area contributed by atoms with Gasteiger partial charge in [0, 0.05) is 24.8 Å². The van der Waals surface area contributed by atoms with Gasteiger partial charge < -0.3 is 10.2 Å². The molecule has 0 atom stereocenters. The van der Waals surface area contributed by atoms with E-state index in [4.69, 9.17) is 0 Å². The van der Waals surface area contributed by atoms with Crippen LogP contribution in [0.25, 0.3) is 5.69 Å². The highest BCUT2D eigenvalue weighted by Crippen LogP contribution is 2.18. The molecule has 1 aromatic carbocycles. The lowest BCUT2D eigenvalue weighted by molar-refractivity contribution is 0.219. The van der Waals surface area contributed by atoms with Gasteiger partial charge in [0.15, 0.2) is 0 Å². The summed E-state index contributed by atoms with van der Waals surface area (Å²) in [6.45, 7) is 5.90. The molecule has 0 saturated carbocycles. The van der Waals surface area contributed by atoms with E-state index < -0.39 is 0 Å². The summed E-state index contributed by atoms with van der Waals surface area (Å²) in [5.74, 6) is 0. The lowest BCUT2D eigenvalue weighted by Gasteiger charge is -2.32. The Labute approximate surface area is 126 Å². The SMILES string of the molecule is CCCN1CCC(Nc2ccc(-n3nccn3)cc2)CC1. The van der Waals surface area contributed by atoms with Gasteiger partial charge in [0.25, 0.3) is 0 Å². The molecule has 1 saturated heterocycles. The van der Waals surface area contributed by atoms with Crippen molar-refractivity contribution in [1.29, 1.82) is 0 Å². The number of hydrogen-bond donors (Lipinski definition) is 1. The number of hydrogen-bond acceptors (Lipinski definition) is 4. The average Bonchev–Trinajstić information content (AvgIpc) is 3.05. The molecule has 1 aliphatic heterocycles. The summed E-state index contributed by atoms with van der Waals surface area (Å²) in [5.41, 5.74) is 2.17.